The lowest BCUT2D eigenvalue weighted by Crippen LogP contribution is -2.36. The van der Waals surface area contributed by atoms with E-state index in [0.29, 0.717) is 0 Å². The third-order valence-corrected chi connectivity index (χ3v) is 3.35. The lowest BCUT2D eigenvalue weighted by Gasteiger charge is -2.09. The van der Waals surface area contributed by atoms with Crippen molar-refractivity contribution in [2.24, 2.45) is 0 Å². The second-order valence-corrected chi connectivity index (χ2v) is 4.98. The van der Waals surface area contributed by atoms with Crippen molar-refractivity contribution in [2.45, 2.75) is 11.1 Å². The second kappa shape index (κ2) is 6.00. The number of rotatable bonds is 4. The highest BCUT2D eigenvalue weighted by molar-refractivity contribution is 7.86. The molecule has 0 bridgehead atoms. The Labute approximate surface area is 108 Å². The first-order valence-corrected chi connectivity index (χ1v) is 6.28. The maximum atomic E-state index is 12.7. The molecule has 1 aromatic carbocycles. The number of benzene rings is 1. The van der Waals surface area contributed by atoms with Gasteiger partial charge in [0.15, 0.2) is 0 Å². The second-order valence-electron chi connectivity index (χ2n) is 3.56. The third-order valence-electron chi connectivity index (χ3n) is 1.97. The lowest BCUT2D eigenvalue weighted by atomic mass is 10.3. The Morgan fingerprint density at radius 3 is 2.53 bits per heavy atom. The number of hydrogen-bond donors (Lipinski definition) is 2. The molecule has 1 unspecified atom stereocenters. The molecule has 0 radical (unpaired) electrons. The molecule has 4 nitrogen and oxygen atoms in total. The van der Waals surface area contributed by atoms with Crippen LogP contribution in [0.15, 0.2) is 23.1 Å². The monoisotopic (exact) mass is 298 g/mol. The summed E-state index contributed by atoms with van der Waals surface area (Å²) in [7, 11) is -1.93. The van der Waals surface area contributed by atoms with Crippen LogP contribution in [0.2, 0.25) is 0 Å². The van der Waals surface area contributed by atoms with Crippen molar-refractivity contribution < 1.29 is 26.6 Å². The van der Waals surface area contributed by atoms with Crippen LogP contribution in [0.3, 0.4) is 0 Å². The molecule has 0 aliphatic heterocycles. The van der Waals surface area contributed by atoms with Gasteiger partial charge in [-0.25, -0.2) is 4.39 Å². The Hall–Kier alpha value is -1.64. The summed E-state index contributed by atoms with van der Waals surface area (Å²) in [6.45, 7) is -1.50. The molecule has 106 valence electrons. The molecule has 0 saturated heterocycles. The van der Waals surface area contributed by atoms with Gasteiger partial charge in [-0.05, 0) is 18.2 Å². The summed E-state index contributed by atoms with van der Waals surface area (Å²) >= 11 is 0. The molecule has 0 aromatic heterocycles. The van der Waals surface area contributed by atoms with Crippen LogP contribution < -0.4 is 11.1 Å². The summed E-state index contributed by atoms with van der Waals surface area (Å²) in [4.78, 5) is 11.1. The standard InChI is InChI=1S/C10H10F4N2O2S/c11-6-1-2-8(7(15)3-6)19(18)4-9(17)16-5-10(12,13)14/h1-3H,4-5,15H2,(H,16,17). The summed E-state index contributed by atoms with van der Waals surface area (Å²) in [5.74, 6) is -2.34. The van der Waals surface area contributed by atoms with E-state index in [2.05, 4.69) is 0 Å². The molecule has 0 aliphatic carbocycles. The Morgan fingerprint density at radius 1 is 1.37 bits per heavy atom. The summed E-state index contributed by atoms with van der Waals surface area (Å²) in [6, 6.07) is 3.04. The number of halogens is 4. The van der Waals surface area contributed by atoms with Crippen molar-refractivity contribution in [1.82, 2.24) is 5.32 Å². The average Bonchev–Trinajstić information content (AvgIpc) is 2.25. The van der Waals surface area contributed by atoms with E-state index in [-0.39, 0.29) is 10.6 Å². The molecule has 9 heteroatoms. The highest BCUT2D eigenvalue weighted by Crippen LogP contribution is 2.18. The molecular weight excluding hydrogens is 288 g/mol. The van der Waals surface area contributed by atoms with Crippen LogP contribution in [0.4, 0.5) is 23.2 Å². The number of nitrogens with two attached hydrogens (primary N) is 1. The molecule has 0 spiro atoms. The van der Waals surface area contributed by atoms with Crippen molar-refractivity contribution in [3.05, 3.63) is 24.0 Å². The third kappa shape index (κ3) is 5.25. The smallest absolute Gasteiger partial charge is 0.398 e. The van der Waals surface area contributed by atoms with E-state index in [9.17, 15) is 26.6 Å². The number of carbonyl (C=O) groups is 1. The van der Waals surface area contributed by atoms with Crippen molar-refractivity contribution in [3.63, 3.8) is 0 Å². The van der Waals surface area contributed by atoms with Gasteiger partial charge in [0.25, 0.3) is 0 Å². The largest absolute Gasteiger partial charge is 0.405 e. The number of nitrogen functional groups attached to an aromatic ring is 1. The van der Waals surface area contributed by atoms with E-state index in [0.717, 1.165) is 18.2 Å². The Balaban J connectivity index is 2.62. The minimum absolute atomic E-state index is 0.00330. The van der Waals surface area contributed by atoms with Crippen LogP contribution >= 0.6 is 0 Å². The molecule has 0 heterocycles. The zero-order valence-corrected chi connectivity index (χ0v) is 10.3. The SMILES string of the molecule is Nc1cc(F)ccc1S(=O)CC(=O)NCC(F)(F)F. The van der Waals surface area contributed by atoms with Gasteiger partial charge < -0.3 is 11.1 Å². The quantitative estimate of drug-likeness (QED) is 0.648. The van der Waals surface area contributed by atoms with Crippen molar-refractivity contribution in [3.8, 4) is 0 Å². The van der Waals surface area contributed by atoms with E-state index in [1.165, 1.54) is 0 Å². The van der Waals surface area contributed by atoms with E-state index >= 15 is 0 Å². The first-order valence-electron chi connectivity index (χ1n) is 4.96. The Bertz CT molecular complexity index is 505. The molecular formula is C10H10F4N2O2S. The van der Waals surface area contributed by atoms with Gasteiger partial charge in [0.1, 0.15) is 18.1 Å². The normalized spacial score (nSPS) is 13.1. The van der Waals surface area contributed by atoms with Gasteiger partial charge in [0.2, 0.25) is 5.91 Å². The molecule has 1 aromatic rings. The minimum atomic E-state index is -4.54. The number of carbonyl (C=O) groups excluding carboxylic acids is 1. The van der Waals surface area contributed by atoms with Crippen LogP contribution in [0.25, 0.3) is 0 Å². The number of anilines is 1. The molecule has 1 atom stereocenters. The van der Waals surface area contributed by atoms with Crippen LogP contribution in [-0.4, -0.2) is 28.6 Å². The fourth-order valence-corrected chi connectivity index (χ4v) is 2.21. The van der Waals surface area contributed by atoms with Gasteiger partial charge >= 0.3 is 6.18 Å². The summed E-state index contributed by atoms with van der Waals surface area (Å²) in [6.07, 6.45) is -4.54. The van der Waals surface area contributed by atoms with Gasteiger partial charge in [-0.2, -0.15) is 13.2 Å². The number of alkyl halides is 3. The van der Waals surface area contributed by atoms with Crippen LogP contribution in [0.1, 0.15) is 0 Å². The van der Waals surface area contributed by atoms with Crippen LogP contribution in [-0.2, 0) is 15.6 Å². The van der Waals surface area contributed by atoms with Crippen LogP contribution in [0, 0.1) is 5.82 Å². The zero-order chi connectivity index (χ0) is 14.6. The summed E-state index contributed by atoms with van der Waals surface area (Å²) in [5.41, 5.74) is 5.27. The average molecular weight is 298 g/mol. The fourth-order valence-electron chi connectivity index (χ4n) is 1.17. The van der Waals surface area contributed by atoms with Gasteiger partial charge in [-0.3, -0.25) is 9.00 Å². The Morgan fingerprint density at radius 2 is 2.00 bits per heavy atom. The molecule has 19 heavy (non-hydrogen) atoms. The first kappa shape index (κ1) is 15.4. The number of amides is 1. The molecule has 3 N–H and O–H groups in total. The predicted molar refractivity (Wildman–Crippen MR) is 61.2 cm³/mol. The van der Waals surface area contributed by atoms with Gasteiger partial charge in [0, 0.05) is 0 Å². The van der Waals surface area contributed by atoms with Gasteiger partial charge in [-0.1, -0.05) is 0 Å². The molecule has 0 aliphatic rings. The zero-order valence-electron chi connectivity index (χ0n) is 9.46. The van der Waals surface area contributed by atoms with Crippen LogP contribution in [0.5, 0.6) is 0 Å². The highest BCUT2D eigenvalue weighted by atomic mass is 32.2. The number of hydrogen-bond acceptors (Lipinski definition) is 3. The molecule has 0 saturated carbocycles. The van der Waals surface area contributed by atoms with E-state index in [1.54, 1.807) is 5.32 Å². The van der Waals surface area contributed by atoms with Crippen molar-refractivity contribution in [2.75, 3.05) is 18.0 Å². The van der Waals surface area contributed by atoms with E-state index in [4.69, 9.17) is 5.73 Å². The Kier molecular flexibility index (Phi) is 4.87. The maximum absolute atomic E-state index is 12.7. The highest BCUT2D eigenvalue weighted by Gasteiger charge is 2.28. The fraction of sp³-hybridized carbons (Fsp3) is 0.300. The van der Waals surface area contributed by atoms with Crippen molar-refractivity contribution >= 4 is 22.4 Å². The molecule has 1 amide bonds. The van der Waals surface area contributed by atoms with E-state index in [1.807, 2.05) is 0 Å². The van der Waals surface area contributed by atoms with E-state index < -0.39 is 41.0 Å². The summed E-state index contributed by atoms with van der Waals surface area (Å²) in [5, 5.41) is 1.58. The first-order chi connectivity index (χ1) is 8.69. The molecule has 0 fully saturated rings. The topological polar surface area (TPSA) is 72.2 Å². The van der Waals surface area contributed by atoms with Gasteiger partial charge in [-0.15, -0.1) is 0 Å². The van der Waals surface area contributed by atoms with Gasteiger partial charge in [0.05, 0.1) is 21.4 Å². The number of nitrogens with one attached hydrogen (secondary N) is 1. The summed E-state index contributed by atoms with van der Waals surface area (Å²) < 4.78 is 59.9. The van der Waals surface area contributed by atoms with Crippen molar-refractivity contribution in [1.29, 1.82) is 0 Å². The maximum Gasteiger partial charge on any atom is 0.405 e. The lowest BCUT2D eigenvalue weighted by molar-refractivity contribution is -0.136. The minimum Gasteiger partial charge on any atom is -0.398 e. The molecule has 1 rings (SSSR count). The predicted octanol–water partition coefficient (Wildman–Crippen LogP) is 1.19.